The van der Waals surface area contributed by atoms with Crippen LogP contribution in [0.3, 0.4) is 0 Å². The molecule has 62 valence electrons. The van der Waals surface area contributed by atoms with Gasteiger partial charge in [-0.05, 0) is 29.9 Å². The van der Waals surface area contributed by atoms with Crippen molar-refractivity contribution in [3.05, 3.63) is 28.2 Å². The number of rotatable bonds is 0. The summed E-state index contributed by atoms with van der Waals surface area (Å²) in [7, 11) is 2.69. The van der Waals surface area contributed by atoms with Gasteiger partial charge in [0.2, 0.25) is 0 Å². The Balaban J connectivity index is 0.000000461. The molecule has 1 atom stereocenters. The van der Waals surface area contributed by atoms with E-state index in [1.165, 1.54) is 10.9 Å². The number of halogens is 1. The molecule has 1 aromatic carbocycles. The van der Waals surface area contributed by atoms with Gasteiger partial charge in [0, 0.05) is 4.47 Å². The Kier molecular flexibility index (Phi) is 5.81. The van der Waals surface area contributed by atoms with Crippen LogP contribution in [0.15, 0.2) is 22.7 Å². The molecule has 0 bridgehead atoms. The Morgan fingerprint density at radius 1 is 1.27 bits per heavy atom. The summed E-state index contributed by atoms with van der Waals surface area (Å²) < 4.78 is 1.14. The second kappa shape index (κ2) is 5.74. The summed E-state index contributed by atoms with van der Waals surface area (Å²) >= 11 is 3.38. The van der Waals surface area contributed by atoms with Gasteiger partial charge >= 0.3 is 0 Å². The van der Waals surface area contributed by atoms with E-state index in [4.69, 9.17) is 0 Å². The molecular weight excluding hydrogens is 219 g/mol. The van der Waals surface area contributed by atoms with E-state index in [1.54, 1.807) is 0 Å². The maximum atomic E-state index is 3.38. The standard InChI is InChI=1S/C7H8BrP.C2H6/c1-5-2-3-6(8)4-7(5)9;1-2/h2-4H,9H2,1H3;1-2H3. The van der Waals surface area contributed by atoms with Gasteiger partial charge in [0.15, 0.2) is 0 Å². The van der Waals surface area contributed by atoms with E-state index in [-0.39, 0.29) is 0 Å². The van der Waals surface area contributed by atoms with Crippen LogP contribution in [0.1, 0.15) is 19.4 Å². The minimum Gasteiger partial charge on any atom is -0.105 e. The molecule has 0 spiro atoms. The first-order chi connectivity index (χ1) is 5.20. The van der Waals surface area contributed by atoms with E-state index in [9.17, 15) is 0 Å². The smallest absolute Gasteiger partial charge is 0.0181 e. The van der Waals surface area contributed by atoms with Gasteiger partial charge in [-0.15, -0.1) is 9.24 Å². The van der Waals surface area contributed by atoms with Gasteiger partial charge in [-0.2, -0.15) is 0 Å². The fraction of sp³-hybridized carbons (Fsp3) is 0.333. The summed E-state index contributed by atoms with van der Waals surface area (Å²) in [5.74, 6) is 0. The van der Waals surface area contributed by atoms with Crippen LogP contribution in [0.5, 0.6) is 0 Å². The lowest BCUT2D eigenvalue weighted by atomic mass is 10.2. The van der Waals surface area contributed by atoms with Crippen molar-refractivity contribution in [1.82, 2.24) is 0 Å². The Morgan fingerprint density at radius 3 is 2.18 bits per heavy atom. The van der Waals surface area contributed by atoms with Crippen molar-refractivity contribution >= 4 is 30.5 Å². The van der Waals surface area contributed by atoms with Gasteiger partial charge < -0.3 is 0 Å². The van der Waals surface area contributed by atoms with Crippen molar-refractivity contribution in [2.24, 2.45) is 0 Å². The van der Waals surface area contributed by atoms with E-state index in [0.717, 1.165) is 4.47 Å². The van der Waals surface area contributed by atoms with Crippen LogP contribution in [0, 0.1) is 6.92 Å². The monoisotopic (exact) mass is 232 g/mol. The fourth-order valence-electron chi connectivity index (χ4n) is 0.611. The molecule has 0 aliphatic carbocycles. The minimum absolute atomic E-state index is 1.14. The van der Waals surface area contributed by atoms with E-state index in [2.05, 4.69) is 44.2 Å². The van der Waals surface area contributed by atoms with Crippen LogP contribution < -0.4 is 5.30 Å². The molecular formula is C9H14BrP. The highest BCUT2D eigenvalue weighted by Gasteiger charge is 1.90. The zero-order chi connectivity index (χ0) is 8.85. The van der Waals surface area contributed by atoms with Gasteiger partial charge in [0.25, 0.3) is 0 Å². The topological polar surface area (TPSA) is 0 Å². The van der Waals surface area contributed by atoms with Crippen molar-refractivity contribution in [2.75, 3.05) is 0 Å². The first-order valence-corrected chi connectivity index (χ1v) is 5.09. The van der Waals surface area contributed by atoms with Crippen molar-refractivity contribution in [2.45, 2.75) is 20.8 Å². The number of aryl methyl sites for hydroxylation is 1. The Labute approximate surface area is 79.7 Å². The fourth-order valence-corrected chi connectivity index (χ4v) is 1.51. The Morgan fingerprint density at radius 2 is 1.82 bits per heavy atom. The quantitative estimate of drug-likeness (QED) is 0.603. The Bertz CT molecular complexity index is 221. The Hall–Kier alpha value is 0.130. The molecule has 11 heavy (non-hydrogen) atoms. The average molecular weight is 233 g/mol. The lowest BCUT2D eigenvalue weighted by molar-refractivity contribution is 1.50. The van der Waals surface area contributed by atoms with E-state index >= 15 is 0 Å². The highest BCUT2D eigenvalue weighted by atomic mass is 79.9. The summed E-state index contributed by atoms with van der Waals surface area (Å²) in [5, 5.41) is 1.25. The number of benzene rings is 1. The molecule has 0 saturated heterocycles. The maximum Gasteiger partial charge on any atom is 0.0181 e. The minimum atomic E-state index is 1.14. The second-order valence-electron chi connectivity index (χ2n) is 2.00. The second-order valence-corrected chi connectivity index (χ2v) is 3.54. The molecule has 0 amide bonds. The third-order valence-corrected chi connectivity index (χ3v) is 2.36. The van der Waals surface area contributed by atoms with E-state index in [1.807, 2.05) is 19.9 Å². The summed E-state index contributed by atoms with van der Waals surface area (Å²) in [4.78, 5) is 0. The number of hydrogen-bond acceptors (Lipinski definition) is 0. The first-order valence-electron chi connectivity index (χ1n) is 3.72. The number of hydrogen-bond donors (Lipinski definition) is 0. The normalized spacial score (nSPS) is 8.45. The van der Waals surface area contributed by atoms with Gasteiger partial charge in [0.05, 0.1) is 0 Å². The first kappa shape index (κ1) is 11.1. The predicted molar refractivity (Wildman–Crippen MR) is 59.6 cm³/mol. The lowest BCUT2D eigenvalue weighted by Crippen LogP contribution is -1.94. The van der Waals surface area contributed by atoms with Gasteiger partial charge in [0.1, 0.15) is 0 Å². The molecule has 0 heterocycles. The van der Waals surface area contributed by atoms with E-state index in [0.29, 0.717) is 0 Å². The molecule has 1 unspecified atom stereocenters. The van der Waals surface area contributed by atoms with Crippen LogP contribution in [0.2, 0.25) is 0 Å². The van der Waals surface area contributed by atoms with Crippen molar-refractivity contribution in [1.29, 1.82) is 0 Å². The van der Waals surface area contributed by atoms with Gasteiger partial charge in [-0.1, -0.05) is 35.8 Å². The molecule has 0 aliphatic rings. The largest absolute Gasteiger partial charge is 0.105 e. The highest BCUT2D eigenvalue weighted by molar-refractivity contribution is 9.10. The molecule has 0 nitrogen and oxygen atoms in total. The van der Waals surface area contributed by atoms with E-state index < -0.39 is 0 Å². The van der Waals surface area contributed by atoms with Crippen molar-refractivity contribution in [3.63, 3.8) is 0 Å². The lowest BCUT2D eigenvalue weighted by Gasteiger charge is -1.97. The van der Waals surface area contributed by atoms with Crippen LogP contribution >= 0.6 is 25.2 Å². The van der Waals surface area contributed by atoms with Gasteiger partial charge in [-0.3, -0.25) is 0 Å². The highest BCUT2D eigenvalue weighted by Crippen LogP contribution is 2.09. The summed E-state index contributed by atoms with van der Waals surface area (Å²) in [6.07, 6.45) is 0. The van der Waals surface area contributed by atoms with Crippen molar-refractivity contribution in [3.8, 4) is 0 Å². The molecule has 0 aliphatic heterocycles. The van der Waals surface area contributed by atoms with Crippen LogP contribution in [0.4, 0.5) is 0 Å². The SMILES string of the molecule is CC.Cc1ccc(Br)cc1P. The molecule has 0 radical (unpaired) electrons. The molecule has 0 fully saturated rings. The molecule has 0 N–H and O–H groups in total. The molecule has 1 aromatic rings. The summed E-state index contributed by atoms with van der Waals surface area (Å²) in [6, 6.07) is 6.22. The maximum absolute atomic E-state index is 3.38. The zero-order valence-corrected chi connectivity index (χ0v) is 9.93. The third-order valence-electron chi connectivity index (χ3n) is 1.24. The predicted octanol–water partition coefficient (Wildman–Crippen LogP) is 3.28. The molecule has 0 saturated carbocycles. The molecule has 2 heteroatoms. The van der Waals surface area contributed by atoms with Crippen LogP contribution in [0.25, 0.3) is 0 Å². The van der Waals surface area contributed by atoms with Crippen molar-refractivity contribution < 1.29 is 0 Å². The molecule has 0 aromatic heterocycles. The third kappa shape index (κ3) is 3.88. The summed E-state index contributed by atoms with van der Waals surface area (Å²) in [5.41, 5.74) is 1.31. The zero-order valence-electron chi connectivity index (χ0n) is 7.19. The van der Waals surface area contributed by atoms with Crippen LogP contribution in [-0.2, 0) is 0 Å². The summed E-state index contributed by atoms with van der Waals surface area (Å²) in [6.45, 7) is 6.09. The average Bonchev–Trinajstić information content (AvgIpc) is 2.02. The van der Waals surface area contributed by atoms with Crippen LogP contribution in [-0.4, -0.2) is 0 Å². The van der Waals surface area contributed by atoms with Gasteiger partial charge in [-0.25, -0.2) is 0 Å². The molecule has 1 rings (SSSR count).